The van der Waals surface area contributed by atoms with Gasteiger partial charge >= 0.3 is 17.9 Å². The first-order chi connectivity index (χ1) is 59.9. The number of aromatic nitrogens is 8. The van der Waals surface area contributed by atoms with Crippen molar-refractivity contribution in [2.75, 3.05) is 0 Å². The van der Waals surface area contributed by atoms with Gasteiger partial charge in [-0.05, 0) is 155 Å². The lowest BCUT2D eigenvalue weighted by atomic mass is 10.0. The van der Waals surface area contributed by atoms with E-state index in [0.717, 1.165) is 91.2 Å². The van der Waals surface area contributed by atoms with Gasteiger partial charge in [0.05, 0.1) is 157 Å². The fourth-order valence-electron chi connectivity index (χ4n) is 14.1. The Morgan fingerprint density at radius 1 is 0.304 bits per heavy atom. The fraction of sp³-hybridized carbons (Fsp3) is 0.106. The molecule has 0 saturated carbocycles. The van der Waals surface area contributed by atoms with Crippen LogP contribution in [0.2, 0.25) is 0 Å². The Bertz CT molecular complexity index is 7230. The number of nitrogens with zero attached hydrogens (tertiary/aromatic N) is 8. The van der Waals surface area contributed by atoms with Crippen molar-refractivity contribution >= 4 is 177 Å². The van der Waals surface area contributed by atoms with E-state index < -0.39 is 53.9 Å². The summed E-state index contributed by atoms with van der Waals surface area (Å²) in [6, 6.07) is 52.8. The van der Waals surface area contributed by atoms with Gasteiger partial charge < -0.3 is 20.4 Å². The van der Waals surface area contributed by atoms with E-state index in [1.807, 2.05) is 91.8 Å². The van der Waals surface area contributed by atoms with E-state index in [9.17, 15) is 55.0 Å². The van der Waals surface area contributed by atoms with Crippen LogP contribution in [0.3, 0.4) is 0 Å². The van der Waals surface area contributed by atoms with Crippen LogP contribution in [-0.4, -0.2) is 115 Å². The van der Waals surface area contributed by atoms with Crippen molar-refractivity contribution in [2.24, 2.45) is 27.2 Å². The zero-order chi connectivity index (χ0) is 90.4. The molecule has 0 fully saturated rings. The first-order valence-electron chi connectivity index (χ1n) is 37.6. The Labute approximate surface area is 724 Å². The van der Waals surface area contributed by atoms with Crippen molar-refractivity contribution in [3.63, 3.8) is 0 Å². The number of aromatic carboxylic acids is 3. The van der Waals surface area contributed by atoms with Gasteiger partial charge in [-0.15, -0.1) is 23.0 Å². The minimum atomic E-state index is -4.01. The van der Waals surface area contributed by atoms with Gasteiger partial charge in [0.15, 0.2) is 0 Å². The van der Waals surface area contributed by atoms with Crippen molar-refractivity contribution in [3.05, 3.63) is 205 Å². The van der Waals surface area contributed by atoms with Gasteiger partial charge in [0, 0.05) is 87.7 Å². The summed E-state index contributed by atoms with van der Waals surface area (Å²) in [6.07, 6.45) is 0. The number of benzene rings is 12. The molecule has 4 aliphatic carbocycles. The highest BCUT2D eigenvalue weighted by Gasteiger charge is 2.33. The molecule has 4 heterocycles. The van der Waals surface area contributed by atoms with Crippen LogP contribution in [0.15, 0.2) is 217 Å². The Hall–Kier alpha value is -12.7. The van der Waals surface area contributed by atoms with Crippen molar-refractivity contribution < 1.29 is 98.1 Å². The predicted octanol–water partition coefficient (Wildman–Crippen LogP) is 17.0. The smallest absolute Gasteiger partial charge is 0.335 e. The van der Waals surface area contributed by atoms with E-state index in [2.05, 4.69) is 85.7 Å². The molecule has 0 bridgehead atoms. The molecule has 20 rings (SSSR count). The molecule has 0 unspecified atom stereocenters. The van der Waals surface area contributed by atoms with Crippen molar-refractivity contribution in [3.8, 4) is 90.1 Å². The molecule has 0 amide bonds. The maximum Gasteiger partial charge on any atom is 0.335 e. The number of nitrogens with two attached hydrogens (primary N) is 5. The topological polar surface area (TPSA) is 560 Å². The number of carbonyl (C=O) groups is 4. The van der Waals surface area contributed by atoms with Crippen LogP contribution in [0.5, 0.6) is 0 Å². The second-order valence-corrected chi connectivity index (χ2v) is 32.9. The number of aliphatic carboxylic acids is 1. The number of fused-ring (bicyclic) bond motifs is 16. The van der Waals surface area contributed by atoms with Crippen molar-refractivity contribution in [1.82, 2.24) is 39.9 Å². The molecule has 40 heteroatoms. The summed E-state index contributed by atoms with van der Waals surface area (Å²) in [5.74, 6) is 5.76. The van der Waals surface area contributed by atoms with Crippen molar-refractivity contribution in [1.29, 1.82) is 0 Å². The van der Waals surface area contributed by atoms with Crippen LogP contribution in [-0.2, 0) is 62.9 Å². The molecule has 0 atom stereocenters. The van der Waals surface area contributed by atoms with Crippen LogP contribution < -0.4 is 27.2 Å². The van der Waals surface area contributed by atoms with E-state index in [1.165, 1.54) is 83.6 Å². The van der Waals surface area contributed by atoms with Gasteiger partial charge in [0.2, 0.25) is 30.1 Å². The number of primary sulfonamides is 3. The minimum absolute atomic E-state index is 0.0122. The third kappa shape index (κ3) is 18.6. The summed E-state index contributed by atoms with van der Waals surface area (Å²) >= 11 is 2.57. The number of carboxylic acid groups (broad SMARTS) is 4. The maximum atomic E-state index is 12.1. The summed E-state index contributed by atoms with van der Waals surface area (Å²) in [4.78, 5) is 90.4. The number of rotatable bonds is 15. The minimum Gasteiger partial charge on any atom is -0.481 e. The molecule has 640 valence electrons. The van der Waals surface area contributed by atoms with Gasteiger partial charge in [-0.3, -0.25) is 4.79 Å². The molecule has 4 aromatic heterocycles. The van der Waals surface area contributed by atoms with Crippen LogP contribution in [0.1, 0.15) is 93.4 Å². The lowest BCUT2D eigenvalue weighted by molar-refractivity contribution is -0.432. The van der Waals surface area contributed by atoms with E-state index in [0.29, 0.717) is 133 Å². The molecule has 0 saturated heterocycles. The highest BCUT2D eigenvalue weighted by molar-refractivity contribution is 7.95. The summed E-state index contributed by atoms with van der Waals surface area (Å²) in [7, 11) is -11.9. The van der Waals surface area contributed by atoms with Gasteiger partial charge in [0.1, 0.15) is 0 Å². The first kappa shape index (κ1) is 91.5. The third-order valence-corrected chi connectivity index (χ3v) is 23.1. The highest BCUT2D eigenvalue weighted by atomic mass is 32.2. The second-order valence-electron chi connectivity index (χ2n) is 25.9. The van der Waals surface area contributed by atoms with Crippen LogP contribution in [0.25, 0.3) is 177 Å². The number of hydrogen-bond donors (Lipinski definition) is 10. The van der Waals surface area contributed by atoms with E-state index >= 15 is 0 Å². The van der Waals surface area contributed by atoms with Crippen molar-refractivity contribution in [2.45, 2.75) is 91.7 Å². The number of sulfonamides is 3. The van der Waals surface area contributed by atoms with Crippen LogP contribution in [0, 0.1) is 0 Å². The molecule has 34 nitrogen and oxygen atoms in total. The molecule has 125 heavy (non-hydrogen) atoms. The third-order valence-electron chi connectivity index (χ3n) is 18.7. The predicted molar refractivity (Wildman–Crippen MR) is 475 cm³/mol. The lowest BCUT2D eigenvalue weighted by Gasteiger charge is -2.07. The fourth-order valence-corrected chi connectivity index (χ4v) is 17.1. The average Bonchev–Trinajstić information content (AvgIpc) is 1.58. The van der Waals surface area contributed by atoms with Gasteiger partial charge in [-0.2, -0.15) is 11.8 Å². The SMILES string of the molecule is CC.CC.CC.CC.CC(=O)O.NOOSc1cc2c3c(cc(S(N)(=O)=O)cc3c1)-c1nc3ccc(C(=O)O)cc3nc1-2.NOOSc1ccc2nc3c(nc2c1)-c1cccc2cccc-3c12.NS(=O)(=O)c1cc2c3c(cc(SOOO)cc3c1)-c1nc3cc(C(=O)O)ccc3nc1-2.NS(=O)(=O)c1cc2c3c(cccc3c1)-c1nc3cc(C(=O)O)ccc3nc1-2. The largest absolute Gasteiger partial charge is 0.481 e. The molecular weight excluding hydrogens is 1730 g/mol. The molecule has 4 aliphatic rings. The number of hydrogen-bond acceptors (Lipinski definition) is 30. The Balaban J connectivity index is 0.000000146. The summed E-state index contributed by atoms with van der Waals surface area (Å²) in [5.41, 5.74) is 15.7. The quantitative estimate of drug-likeness (QED) is 0.0259. The van der Waals surface area contributed by atoms with Crippen LogP contribution >= 0.6 is 36.1 Å². The molecule has 16 aromatic rings. The molecule has 0 radical (unpaired) electrons. The van der Waals surface area contributed by atoms with Gasteiger partial charge in [-0.25, -0.2) is 100 Å². The highest BCUT2D eigenvalue weighted by Crippen LogP contribution is 2.52. The zero-order valence-corrected chi connectivity index (χ0v) is 72.0. The maximum absolute atomic E-state index is 12.1. The monoisotopic (exact) mass is 1800 g/mol. The Morgan fingerprint density at radius 3 is 0.888 bits per heavy atom. The second kappa shape index (κ2) is 38.2. The Kier molecular flexibility index (Phi) is 28.0. The molecule has 0 spiro atoms. The van der Waals surface area contributed by atoms with Gasteiger partial charge in [0.25, 0.3) is 5.97 Å². The number of carboxylic acids is 4. The summed E-state index contributed by atoms with van der Waals surface area (Å²) in [6.45, 7) is 17.1. The molecular formula is C85H73N13O21S6. The van der Waals surface area contributed by atoms with E-state index in [-0.39, 0.29) is 31.4 Å². The lowest BCUT2D eigenvalue weighted by Crippen LogP contribution is -2.12. The molecule has 15 N–H and O–H groups in total. The molecule has 0 aliphatic heterocycles. The summed E-state index contributed by atoms with van der Waals surface area (Å²) in [5, 5.41) is 69.9. The zero-order valence-electron chi connectivity index (χ0n) is 67.1. The first-order valence-corrected chi connectivity index (χ1v) is 44.4. The standard InChI is InChI=1S/C19H12N4O6S2.C19H11N3O7S2.C19H11N3O4S.C18H11N3O2S.C2H4O2.4C2H6/c20-28-29-30-10-3-9-4-11(31(21,26)27)7-13-16(9)12(6-10)17-18(13)22-14-2-1-8(19(24)25)5-15(14)23-17;20-31(26,27)11-4-9-3-10(30-29-28-25)6-12-16(9)13(7-11)18-17(12)22-15-5-8(19(23)24)1-2-14(15)21-18;20-27(25,26)11-6-9-2-1-3-12-16(9)13(8-11)18-17(12)22-15-7-10(19(23)24)4-5-14(15)21-18;19-22-23-24-11-7-8-14-15(9-11)21-18-13-6-2-4-10-3-1-5-12(16(10)13)17(18)20-14;1-2(3)4;4*1-2/h1-7H,20H2,(H,24,25)(H2,21,26,27);1-7,25H,(H,23,24)(H2,20,26,27);1-8H,(H,23,24)(H2,20,25,26);1-9H,19H2;1H3,(H,3,4);4*1-2H3. The van der Waals surface area contributed by atoms with E-state index in [1.54, 1.807) is 42.5 Å². The summed E-state index contributed by atoms with van der Waals surface area (Å²) < 4.78 is 85.9. The Morgan fingerprint density at radius 2 is 0.568 bits per heavy atom. The van der Waals surface area contributed by atoms with E-state index in [4.69, 9.17) is 61.0 Å². The normalized spacial score (nSPS) is 11.6. The molecule has 12 aromatic carbocycles. The van der Waals surface area contributed by atoms with Gasteiger partial charge in [-0.1, -0.05) is 115 Å². The van der Waals surface area contributed by atoms with Crippen LogP contribution in [0.4, 0.5) is 0 Å². The average molecular weight is 1800 g/mol.